The number of hydrogen-bond acceptors (Lipinski definition) is 4. The highest BCUT2D eigenvalue weighted by molar-refractivity contribution is 5.71. The first-order valence-electron chi connectivity index (χ1n) is 6.83. The lowest BCUT2D eigenvalue weighted by molar-refractivity contribution is -0.147. The van der Waals surface area contributed by atoms with Crippen molar-refractivity contribution >= 4 is 5.97 Å². The Labute approximate surface area is 114 Å². The van der Waals surface area contributed by atoms with Gasteiger partial charge in [-0.3, -0.25) is 9.69 Å². The van der Waals surface area contributed by atoms with Gasteiger partial charge in [-0.05, 0) is 19.4 Å². The molecule has 1 saturated heterocycles. The maximum absolute atomic E-state index is 11.9. The fraction of sp³-hybridized carbons (Fsp3) is 0.533. The Hall–Kier alpha value is -1.39. The van der Waals surface area contributed by atoms with E-state index in [2.05, 4.69) is 24.1 Å². The lowest BCUT2D eigenvalue weighted by Gasteiger charge is -2.38. The normalized spacial score (nSPS) is 24.1. The minimum atomic E-state index is -0.149. The van der Waals surface area contributed by atoms with Gasteiger partial charge in [0.2, 0.25) is 0 Å². The maximum atomic E-state index is 11.9. The number of esters is 1. The second-order valence-electron chi connectivity index (χ2n) is 5.17. The van der Waals surface area contributed by atoms with E-state index in [0.717, 1.165) is 18.7 Å². The van der Waals surface area contributed by atoms with E-state index in [1.54, 1.807) is 0 Å². The summed E-state index contributed by atoms with van der Waals surface area (Å²) in [6.07, 6.45) is 0. The van der Waals surface area contributed by atoms with Gasteiger partial charge in [0.1, 0.15) is 6.61 Å². The van der Waals surface area contributed by atoms with E-state index < -0.39 is 0 Å². The zero-order valence-electron chi connectivity index (χ0n) is 11.6. The summed E-state index contributed by atoms with van der Waals surface area (Å²) in [5.74, 6) is -0.149. The lowest BCUT2D eigenvalue weighted by Crippen LogP contribution is -2.56. The Morgan fingerprint density at radius 3 is 2.53 bits per heavy atom. The molecule has 1 aliphatic heterocycles. The average Bonchev–Trinajstić information content (AvgIpc) is 2.42. The van der Waals surface area contributed by atoms with Crippen LogP contribution in [0.1, 0.15) is 19.4 Å². The van der Waals surface area contributed by atoms with Crippen LogP contribution in [0.3, 0.4) is 0 Å². The van der Waals surface area contributed by atoms with Crippen LogP contribution in [0.15, 0.2) is 30.3 Å². The highest BCUT2D eigenvalue weighted by Gasteiger charge is 2.26. The summed E-state index contributed by atoms with van der Waals surface area (Å²) >= 11 is 0. The molecule has 0 saturated carbocycles. The molecule has 0 aliphatic carbocycles. The third-order valence-corrected chi connectivity index (χ3v) is 3.57. The van der Waals surface area contributed by atoms with Crippen molar-refractivity contribution in [2.45, 2.75) is 32.5 Å². The first-order chi connectivity index (χ1) is 9.16. The molecule has 1 N–H and O–H groups in total. The van der Waals surface area contributed by atoms with E-state index >= 15 is 0 Å². The molecule has 1 aliphatic rings. The average molecular weight is 262 g/mol. The summed E-state index contributed by atoms with van der Waals surface area (Å²) in [6.45, 7) is 6.85. The number of nitrogens with zero attached hydrogens (tertiary/aromatic N) is 1. The summed E-state index contributed by atoms with van der Waals surface area (Å²) in [6, 6.07) is 10.5. The van der Waals surface area contributed by atoms with Crippen LogP contribution in [0.2, 0.25) is 0 Å². The van der Waals surface area contributed by atoms with Crippen molar-refractivity contribution in [3.05, 3.63) is 35.9 Å². The molecular weight excluding hydrogens is 240 g/mol. The number of benzene rings is 1. The number of nitrogens with one attached hydrogen (secondary N) is 1. The van der Waals surface area contributed by atoms with Crippen molar-refractivity contribution in [3.63, 3.8) is 0 Å². The third-order valence-electron chi connectivity index (χ3n) is 3.57. The lowest BCUT2D eigenvalue weighted by atomic mass is 10.1. The van der Waals surface area contributed by atoms with Crippen LogP contribution < -0.4 is 5.32 Å². The monoisotopic (exact) mass is 262 g/mol. The van der Waals surface area contributed by atoms with Gasteiger partial charge in [0.05, 0.1) is 6.54 Å². The van der Waals surface area contributed by atoms with Crippen molar-refractivity contribution in [1.29, 1.82) is 0 Å². The molecule has 2 rings (SSSR count). The molecular formula is C15H22N2O2. The van der Waals surface area contributed by atoms with Crippen LogP contribution >= 0.6 is 0 Å². The van der Waals surface area contributed by atoms with Gasteiger partial charge < -0.3 is 10.1 Å². The minimum Gasteiger partial charge on any atom is -0.460 e. The fourth-order valence-electron chi connectivity index (χ4n) is 2.41. The van der Waals surface area contributed by atoms with Gasteiger partial charge in [0.25, 0.3) is 0 Å². The van der Waals surface area contributed by atoms with Crippen LogP contribution in [0.25, 0.3) is 0 Å². The van der Waals surface area contributed by atoms with Gasteiger partial charge in [-0.15, -0.1) is 0 Å². The smallest absolute Gasteiger partial charge is 0.320 e. The van der Waals surface area contributed by atoms with Gasteiger partial charge in [-0.1, -0.05) is 30.3 Å². The summed E-state index contributed by atoms with van der Waals surface area (Å²) in [5.41, 5.74) is 1.03. The van der Waals surface area contributed by atoms with E-state index in [1.165, 1.54) is 0 Å². The number of carbonyl (C=O) groups is 1. The molecule has 104 valence electrons. The Morgan fingerprint density at radius 1 is 1.26 bits per heavy atom. The largest absolute Gasteiger partial charge is 0.460 e. The van der Waals surface area contributed by atoms with E-state index in [-0.39, 0.29) is 5.97 Å². The molecule has 4 nitrogen and oxygen atoms in total. The summed E-state index contributed by atoms with van der Waals surface area (Å²) < 4.78 is 5.33. The van der Waals surface area contributed by atoms with E-state index in [4.69, 9.17) is 4.74 Å². The zero-order chi connectivity index (χ0) is 13.7. The molecule has 0 unspecified atom stereocenters. The topological polar surface area (TPSA) is 41.6 Å². The molecule has 0 bridgehead atoms. The summed E-state index contributed by atoms with van der Waals surface area (Å²) in [7, 11) is 0. The van der Waals surface area contributed by atoms with Crippen LogP contribution in [0, 0.1) is 0 Å². The van der Waals surface area contributed by atoms with E-state index in [0.29, 0.717) is 25.2 Å². The maximum Gasteiger partial charge on any atom is 0.320 e. The van der Waals surface area contributed by atoms with E-state index in [9.17, 15) is 4.79 Å². The second kappa shape index (κ2) is 6.68. The van der Waals surface area contributed by atoms with Crippen molar-refractivity contribution in [1.82, 2.24) is 10.2 Å². The predicted molar refractivity (Wildman–Crippen MR) is 74.7 cm³/mol. The number of ether oxygens (including phenoxy) is 1. The van der Waals surface area contributed by atoms with Crippen molar-refractivity contribution < 1.29 is 9.53 Å². The van der Waals surface area contributed by atoms with Crippen LogP contribution in [-0.2, 0) is 16.1 Å². The van der Waals surface area contributed by atoms with Gasteiger partial charge in [-0.2, -0.15) is 0 Å². The van der Waals surface area contributed by atoms with Crippen molar-refractivity contribution in [2.24, 2.45) is 0 Å². The minimum absolute atomic E-state index is 0.149. The molecule has 4 heteroatoms. The SMILES string of the molecule is C[C@@H]1CNC[C@@H](C)N1CC(=O)OCc1ccccc1. The first kappa shape index (κ1) is 14.0. The Kier molecular flexibility index (Phi) is 4.93. The molecule has 1 fully saturated rings. The van der Waals surface area contributed by atoms with Crippen molar-refractivity contribution in [2.75, 3.05) is 19.6 Å². The number of carbonyl (C=O) groups excluding carboxylic acids is 1. The predicted octanol–water partition coefficient (Wildman–Crippen LogP) is 1.41. The number of rotatable bonds is 4. The molecule has 0 aromatic heterocycles. The molecule has 1 aromatic rings. The molecule has 19 heavy (non-hydrogen) atoms. The fourth-order valence-corrected chi connectivity index (χ4v) is 2.41. The van der Waals surface area contributed by atoms with Crippen LogP contribution in [0.5, 0.6) is 0 Å². The quantitative estimate of drug-likeness (QED) is 0.833. The van der Waals surface area contributed by atoms with E-state index in [1.807, 2.05) is 30.3 Å². The number of hydrogen-bond donors (Lipinski definition) is 1. The summed E-state index contributed by atoms with van der Waals surface area (Å²) in [5, 5.41) is 3.35. The van der Waals surface area contributed by atoms with Gasteiger partial charge in [0, 0.05) is 25.2 Å². The molecule has 0 amide bonds. The standard InChI is InChI=1S/C15H22N2O2/c1-12-8-16-9-13(2)17(12)10-15(18)19-11-14-6-4-3-5-7-14/h3-7,12-13,16H,8-11H2,1-2H3/t12-,13-/m1/s1. The van der Waals surface area contributed by atoms with Crippen LogP contribution in [0.4, 0.5) is 0 Å². The number of piperazine rings is 1. The van der Waals surface area contributed by atoms with Gasteiger partial charge >= 0.3 is 5.97 Å². The Bertz CT molecular complexity index is 398. The molecule has 1 heterocycles. The van der Waals surface area contributed by atoms with Gasteiger partial charge in [-0.25, -0.2) is 0 Å². The van der Waals surface area contributed by atoms with Gasteiger partial charge in [0.15, 0.2) is 0 Å². The molecule has 2 atom stereocenters. The molecule has 1 aromatic carbocycles. The molecule has 0 spiro atoms. The third kappa shape index (κ3) is 4.04. The van der Waals surface area contributed by atoms with Crippen LogP contribution in [-0.4, -0.2) is 42.6 Å². The molecule has 0 radical (unpaired) electrons. The zero-order valence-corrected chi connectivity index (χ0v) is 11.6. The second-order valence-corrected chi connectivity index (χ2v) is 5.17. The first-order valence-corrected chi connectivity index (χ1v) is 6.83. The Morgan fingerprint density at radius 2 is 1.89 bits per heavy atom. The highest BCUT2D eigenvalue weighted by Crippen LogP contribution is 2.10. The highest BCUT2D eigenvalue weighted by atomic mass is 16.5. The van der Waals surface area contributed by atoms with Crippen molar-refractivity contribution in [3.8, 4) is 0 Å². The summed E-state index contributed by atoms with van der Waals surface area (Å²) in [4.78, 5) is 14.1. The Balaban J connectivity index is 1.80.